The van der Waals surface area contributed by atoms with Crippen LogP contribution in [0.3, 0.4) is 0 Å². The lowest BCUT2D eigenvalue weighted by molar-refractivity contribution is -0.0752. The van der Waals surface area contributed by atoms with Crippen LogP contribution < -0.4 is 5.48 Å². The van der Waals surface area contributed by atoms with Crippen molar-refractivity contribution in [2.24, 2.45) is 0 Å². The molecule has 1 amide bonds. The molecule has 0 radical (unpaired) electrons. The number of rotatable bonds is 4. The summed E-state index contributed by atoms with van der Waals surface area (Å²) in [5, 5.41) is 0. The molecule has 0 bridgehead atoms. The van der Waals surface area contributed by atoms with Crippen LogP contribution in [0.4, 0.5) is 4.79 Å². The van der Waals surface area contributed by atoms with E-state index in [4.69, 9.17) is 20.3 Å². The third kappa shape index (κ3) is 10.3. The van der Waals surface area contributed by atoms with Crippen LogP contribution in [0.15, 0.2) is 0 Å². The summed E-state index contributed by atoms with van der Waals surface area (Å²) in [6.07, 6.45) is -0.794. The second-order valence-electron chi connectivity index (χ2n) is 5.15. The highest BCUT2D eigenvalue weighted by Crippen LogP contribution is 2.14. The SMILES string of the molecule is CC(C)(C)OC(=O)NOC(C)(C)CS(=O)(=O)Cl. The molecular formula is C9H18ClNO5S. The number of nitrogens with one attached hydrogen (secondary N) is 1. The molecule has 6 nitrogen and oxygen atoms in total. The number of carbonyl (C=O) groups excluding carboxylic acids is 1. The fourth-order valence-electron chi connectivity index (χ4n) is 0.923. The Morgan fingerprint density at radius 3 is 2.06 bits per heavy atom. The normalized spacial score (nSPS) is 13.3. The summed E-state index contributed by atoms with van der Waals surface area (Å²) in [6.45, 7) is 8.04. The van der Waals surface area contributed by atoms with Crippen molar-refractivity contribution < 1.29 is 22.8 Å². The largest absolute Gasteiger partial charge is 0.442 e. The van der Waals surface area contributed by atoms with Crippen molar-refractivity contribution in [3.8, 4) is 0 Å². The highest BCUT2D eigenvalue weighted by molar-refractivity contribution is 8.13. The van der Waals surface area contributed by atoms with E-state index in [1.54, 1.807) is 20.8 Å². The average molecular weight is 288 g/mol. The highest BCUT2D eigenvalue weighted by atomic mass is 35.7. The fourth-order valence-corrected chi connectivity index (χ4v) is 2.60. The molecule has 0 spiro atoms. The molecule has 0 rings (SSSR count). The summed E-state index contributed by atoms with van der Waals surface area (Å²) >= 11 is 0. The van der Waals surface area contributed by atoms with E-state index in [9.17, 15) is 13.2 Å². The van der Waals surface area contributed by atoms with Gasteiger partial charge in [0.15, 0.2) is 0 Å². The van der Waals surface area contributed by atoms with Gasteiger partial charge >= 0.3 is 6.09 Å². The van der Waals surface area contributed by atoms with Gasteiger partial charge in [-0.1, -0.05) is 0 Å². The molecule has 1 N–H and O–H groups in total. The second kappa shape index (κ2) is 5.41. The Balaban J connectivity index is 4.24. The van der Waals surface area contributed by atoms with Gasteiger partial charge in [-0.05, 0) is 34.6 Å². The Labute approximate surface area is 106 Å². The molecule has 0 heterocycles. The van der Waals surface area contributed by atoms with E-state index in [0.717, 1.165) is 0 Å². The minimum Gasteiger partial charge on any atom is -0.442 e. The molecule has 8 heteroatoms. The number of hydrogen-bond acceptors (Lipinski definition) is 5. The van der Waals surface area contributed by atoms with E-state index in [2.05, 4.69) is 0 Å². The molecule has 0 fully saturated rings. The topological polar surface area (TPSA) is 81.7 Å². The third-order valence-corrected chi connectivity index (χ3v) is 2.70. The maximum atomic E-state index is 11.2. The number of amides is 1. The van der Waals surface area contributed by atoms with E-state index in [-0.39, 0.29) is 0 Å². The number of ether oxygens (including phenoxy) is 1. The summed E-state index contributed by atoms with van der Waals surface area (Å²) in [5.41, 5.74) is 0.220. The molecule has 0 aliphatic rings. The fraction of sp³-hybridized carbons (Fsp3) is 0.889. The Hall–Kier alpha value is -0.530. The van der Waals surface area contributed by atoms with Gasteiger partial charge in [-0.25, -0.2) is 13.2 Å². The molecule has 0 aromatic heterocycles. The van der Waals surface area contributed by atoms with Gasteiger partial charge in [-0.2, -0.15) is 5.48 Å². The molecule has 0 aliphatic carbocycles. The lowest BCUT2D eigenvalue weighted by atomic mass is 10.2. The van der Waals surface area contributed by atoms with Crippen LogP contribution in [-0.4, -0.2) is 31.5 Å². The van der Waals surface area contributed by atoms with Gasteiger partial charge in [-0.15, -0.1) is 0 Å². The van der Waals surface area contributed by atoms with Crippen LogP contribution in [0, 0.1) is 0 Å². The van der Waals surface area contributed by atoms with Gasteiger partial charge in [0, 0.05) is 10.7 Å². The first-order chi connectivity index (χ1) is 7.31. The van der Waals surface area contributed by atoms with Gasteiger partial charge < -0.3 is 4.74 Å². The molecule has 0 aromatic rings. The monoisotopic (exact) mass is 287 g/mol. The summed E-state index contributed by atoms with van der Waals surface area (Å²) in [5.74, 6) is -0.433. The highest BCUT2D eigenvalue weighted by Gasteiger charge is 2.28. The minimum absolute atomic E-state index is 0.433. The van der Waals surface area contributed by atoms with Crippen molar-refractivity contribution >= 4 is 25.8 Å². The predicted octanol–water partition coefficient (Wildman–Crippen LogP) is 1.79. The van der Waals surface area contributed by atoms with Crippen molar-refractivity contribution in [3.05, 3.63) is 0 Å². The van der Waals surface area contributed by atoms with Crippen molar-refractivity contribution in [1.29, 1.82) is 0 Å². The third-order valence-electron chi connectivity index (χ3n) is 1.33. The molecular weight excluding hydrogens is 270 g/mol. The van der Waals surface area contributed by atoms with E-state index in [1.165, 1.54) is 13.8 Å². The standard InChI is InChI=1S/C9H18ClNO5S/c1-8(2,3)15-7(12)11-16-9(4,5)6-17(10,13)14/h6H2,1-5H3,(H,11,12). The number of halogens is 1. The Bertz CT molecular complexity index is 371. The molecule has 0 atom stereocenters. The van der Waals surface area contributed by atoms with Crippen molar-refractivity contribution in [2.75, 3.05) is 5.75 Å². The zero-order chi connectivity index (χ0) is 13.9. The smallest absolute Gasteiger partial charge is 0.431 e. The van der Waals surface area contributed by atoms with E-state index < -0.39 is 32.1 Å². The minimum atomic E-state index is -3.71. The van der Waals surface area contributed by atoms with Gasteiger partial charge in [0.1, 0.15) is 11.2 Å². The maximum Gasteiger partial charge on any atom is 0.431 e. The maximum absolute atomic E-state index is 11.2. The van der Waals surface area contributed by atoms with Gasteiger partial charge in [0.2, 0.25) is 9.05 Å². The number of hydroxylamine groups is 1. The molecule has 0 aromatic carbocycles. The first-order valence-corrected chi connectivity index (χ1v) is 7.38. The van der Waals surface area contributed by atoms with Crippen LogP contribution in [0.1, 0.15) is 34.6 Å². The van der Waals surface area contributed by atoms with E-state index >= 15 is 0 Å². The zero-order valence-electron chi connectivity index (χ0n) is 10.5. The van der Waals surface area contributed by atoms with Crippen LogP contribution in [0.25, 0.3) is 0 Å². The van der Waals surface area contributed by atoms with Crippen LogP contribution in [-0.2, 0) is 18.6 Å². The first-order valence-electron chi connectivity index (χ1n) is 4.90. The lowest BCUT2D eigenvalue weighted by Gasteiger charge is -2.25. The number of hydrogen-bond donors (Lipinski definition) is 1. The summed E-state index contributed by atoms with van der Waals surface area (Å²) in [7, 11) is 1.38. The lowest BCUT2D eigenvalue weighted by Crippen LogP contribution is -2.42. The first kappa shape index (κ1) is 16.5. The Morgan fingerprint density at radius 1 is 1.24 bits per heavy atom. The molecule has 0 saturated carbocycles. The quantitative estimate of drug-likeness (QED) is 0.630. The molecule has 0 aliphatic heterocycles. The predicted molar refractivity (Wildman–Crippen MR) is 64.2 cm³/mol. The molecule has 0 unspecified atom stereocenters. The van der Waals surface area contributed by atoms with Gasteiger partial charge in [0.25, 0.3) is 0 Å². The van der Waals surface area contributed by atoms with Crippen LogP contribution in [0.5, 0.6) is 0 Å². The molecule has 17 heavy (non-hydrogen) atoms. The van der Waals surface area contributed by atoms with Crippen LogP contribution >= 0.6 is 10.7 Å². The van der Waals surface area contributed by atoms with E-state index in [0.29, 0.717) is 0 Å². The van der Waals surface area contributed by atoms with Crippen molar-refractivity contribution in [3.63, 3.8) is 0 Å². The Morgan fingerprint density at radius 2 is 1.71 bits per heavy atom. The zero-order valence-corrected chi connectivity index (χ0v) is 12.1. The molecule has 102 valence electrons. The van der Waals surface area contributed by atoms with Crippen molar-refractivity contribution in [1.82, 2.24) is 5.48 Å². The second-order valence-corrected chi connectivity index (χ2v) is 7.93. The van der Waals surface area contributed by atoms with Crippen molar-refractivity contribution in [2.45, 2.75) is 45.8 Å². The van der Waals surface area contributed by atoms with E-state index in [1.807, 2.05) is 5.48 Å². The summed E-state index contributed by atoms with van der Waals surface area (Å²) < 4.78 is 26.6. The van der Waals surface area contributed by atoms with Gasteiger partial charge in [0.05, 0.1) is 5.75 Å². The summed E-state index contributed by atoms with van der Waals surface area (Å²) in [4.78, 5) is 16.2. The van der Waals surface area contributed by atoms with Crippen LogP contribution in [0.2, 0.25) is 0 Å². The average Bonchev–Trinajstić information content (AvgIpc) is 1.92. The number of carbonyl (C=O) groups is 1. The summed E-state index contributed by atoms with van der Waals surface area (Å²) in [6, 6.07) is 0. The molecule has 0 saturated heterocycles. The van der Waals surface area contributed by atoms with Gasteiger partial charge in [-0.3, -0.25) is 4.84 Å². The Kier molecular flexibility index (Phi) is 5.24.